The number of nitrogens with zero attached hydrogens (tertiary/aromatic N) is 5. The topological polar surface area (TPSA) is 76.1 Å². The first kappa shape index (κ1) is 16.2. The van der Waals surface area contributed by atoms with Crippen molar-refractivity contribution in [2.24, 2.45) is 0 Å². The summed E-state index contributed by atoms with van der Waals surface area (Å²) in [7, 11) is 1.75. The van der Waals surface area contributed by atoms with Gasteiger partial charge in [0.2, 0.25) is 5.13 Å². The SMILES string of the molecule is COCCN1CCCC[C@H]1c1cc(Nc2nncs2)nc(C)n1. The van der Waals surface area contributed by atoms with Crippen molar-refractivity contribution >= 4 is 22.3 Å². The highest BCUT2D eigenvalue weighted by Crippen LogP contribution is 2.31. The molecule has 0 bridgehead atoms. The maximum absolute atomic E-state index is 5.25. The molecule has 0 radical (unpaired) electrons. The van der Waals surface area contributed by atoms with Crippen LogP contribution in [0, 0.1) is 6.92 Å². The van der Waals surface area contributed by atoms with Gasteiger partial charge in [-0.1, -0.05) is 17.8 Å². The van der Waals surface area contributed by atoms with Crippen molar-refractivity contribution in [2.75, 3.05) is 32.1 Å². The number of likely N-dealkylation sites (tertiary alicyclic amines) is 1. The summed E-state index contributed by atoms with van der Waals surface area (Å²) in [6.07, 6.45) is 3.59. The predicted molar refractivity (Wildman–Crippen MR) is 90.0 cm³/mol. The number of anilines is 2. The highest BCUT2D eigenvalue weighted by atomic mass is 32.1. The molecule has 3 heterocycles. The Balaban J connectivity index is 1.81. The summed E-state index contributed by atoms with van der Waals surface area (Å²) < 4.78 is 5.25. The van der Waals surface area contributed by atoms with Gasteiger partial charge in [0, 0.05) is 19.7 Å². The van der Waals surface area contributed by atoms with E-state index < -0.39 is 0 Å². The number of aromatic nitrogens is 4. The van der Waals surface area contributed by atoms with Crippen LogP contribution in [0.4, 0.5) is 10.9 Å². The highest BCUT2D eigenvalue weighted by molar-refractivity contribution is 7.13. The van der Waals surface area contributed by atoms with E-state index in [4.69, 9.17) is 4.74 Å². The lowest BCUT2D eigenvalue weighted by molar-refractivity contribution is 0.0941. The van der Waals surface area contributed by atoms with Crippen LogP contribution in [0.5, 0.6) is 0 Å². The first-order chi connectivity index (χ1) is 11.3. The molecule has 0 spiro atoms. The molecule has 124 valence electrons. The van der Waals surface area contributed by atoms with Crippen LogP contribution in [0.25, 0.3) is 0 Å². The van der Waals surface area contributed by atoms with Crippen molar-refractivity contribution in [1.82, 2.24) is 25.1 Å². The van der Waals surface area contributed by atoms with E-state index in [0.717, 1.165) is 48.6 Å². The summed E-state index contributed by atoms with van der Waals surface area (Å²) in [4.78, 5) is 11.6. The fraction of sp³-hybridized carbons (Fsp3) is 0.600. The maximum atomic E-state index is 5.25. The number of hydrogen-bond acceptors (Lipinski definition) is 8. The fourth-order valence-electron chi connectivity index (χ4n) is 2.96. The Labute approximate surface area is 140 Å². The molecule has 0 amide bonds. The Hall–Kier alpha value is -1.64. The van der Waals surface area contributed by atoms with Crippen LogP contribution in [0.1, 0.15) is 36.8 Å². The third kappa shape index (κ3) is 4.21. The predicted octanol–water partition coefficient (Wildman–Crippen LogP) is 2.55. The number of piperidine rings is 1. The van der Waals surface area contributed by atoms with Gasteiger partial charge in [-0.25, -0.2) is 9.97 Å². The first-order valence-electron chi connectivity index (χ1n) is 7.88. The van der Waals surface area contributed by atoms with Crippen LogP contribution in [0.15, 0.2) is 11.6 Å². The average molecular weight is 334 g/mol. The molecule has 3 rings (SSSR count). The van der Waals surface area contributed by atoms with Gasteiger partial charge >= 0.3 is 0 Å². The zero-order valence-electron chi connectivity index (χ0n) is 13.5. The number of hydrogen-bond donors (Lipinski definition) is 1. The molecule has 1 N–H and O–H groups in total. The summed E-state index contributed by atoms with van der Waals surface area (Å²) in [6, 6.07) is 2.36. The van der Waals surface area contributed by atoms with Gasteiger partial charge in [-0.3, -0.25) is 4.90 Å². The molecule has 0 aliphatic carbocycles. The highest BCUT2D eigenvalue weighted by Gasteiger charge is 2.25. The second-order valence-electron chi connectivity index (χ2n) is 5.63. The second-order valence-corrected chi connectivity index (χ2v) is 6.47. The minimum absolute atomic E-state index is 0.329. The molecule has 23 heavy (non-hydrogen) atoms. The minimum atomic E-state index is 0.329. The smallest absolute Gasteiger partial charge is 0.210 e. The third-order valence-electron chi connectivity index (χ3n) is 3.99. The van der Waals surface area contributed by atoms with Crippen LogP contribution in [-0.2, 0) is 4.74 Å². The third-order valence-corrected chi connectivity index (χ3v) is 4.60. The number of nitrogens with one attached hydrogen (secondary N) is 1. The Morgan fingerprint density at radius 3 is 3.09 bits per heavy atom. The van der Waals surface area contributed by atoms with Crippen molar-refractivity contribution in [2.45, 2.75) is 32.2 Å². The first-order valence-corrected chi connectivity index (χ1v) is 8.76. The lowest BCUT2D eigenvalue weighted by Gasteiger charge is -2.35. The van der Waals surface area contributed by atoms with Gasteiger partial charge in [-0.05, 0) is 26.3 Å². The summed E-state index contributed by atoms with van der Waals surface area (Å²) in [5.74, 6) is 1.55. The van der Waals surface area contributed by atoms with E-state index in [1.165, 1.54) is 24.2 Å². The molecule has 1 saturated heterocycles. The van der Waals surface area contributed by atoms with Crippen LogP contribution in [0.3, 0.4) is 0 Å². The van der Waals surface area contributed by atoms with Gasteiger partial charge < -0.3 is 10.1 Å². The van der Waals surface area contributed by atoms with E-state index in [9.17, 15) is 0 Å². The van der Waals surface area contributed by atoms with Gasteiger partial charge in [-0.15, -0.1) is 10.2 Å². The standard InChI is InChI=1S/C15H22N6OS/c1-11-17-12(9-14(18-11)19-15-20-16-10-23-15)13-5-3-4-6-21(13)7-8-22-2/h9-10,13H,3-8H2,1-2H3,(H,17,18,19,20)/t13-/m0/s1. The molecule has 0 saturated carbocycles. The molecule has 1 atom stereocenters. The Morgan fingerprint density at radius 2 is 2.30 bits per heavy atom. The molecule has 1 aliphatic heterocycles. The number of rotatable bonds is 6. The average Bonchev–Trinajstić information content (AvgIpc) is 3.05. The fourth-order valence-corrected chi connectivity index (χ4v) is 3.42. The molecular weight excluding hydrogens is 312 g/mol. The summed E-state index contributed by atoms with van der Waals surface area (Å²) in [5, 5.41) is 11.8. The van der Waals surface area contributed by atoms with E-state index in [-0.39, 0.29) is 0 Å². The normalized spacial score (nSPS) is 19.0. The van der Waals surface area contributed by atoms with E-state index in [2.05, 4.69) is 30.4 Å². The second kappa shape index (κ2) is 7.76. The largest absolute Gasteiger partial charge is 0.383 e. The number of ether oxygens (including phenoxy) is 1. The number of methoxy groups -OCH3 is 1. The van der Waals surface area contributed by atoms with Crippen LogP contribution < -0.4 is 5.32 Å². The lowest BCUT2D eigenvalue weighted by Crippen LogP contribution is -2.36. The number of aryl methyl sites for hydroxylation is 1. The van der Waals surface area contributed by atoms with E-state index >= 15 is 0 Å². The van der Waals surface area contributed by atoms with Crippen molar-refractivity contribution < 1.29 is 4.74 Å². The zero-order chi connectivity index (χ0) is 16.1. The summed E-state index contributed by atoms with van der Waals surface area (Å²) >= 11 is 1.46. The Kier molecular flexibility index (Phi) is 5.47. The monoisotopic (exact) mass is 334 g/mol. The van der Waals surface area contributed by atoms with Crippen molar-refractivity contribution in [3.8, 4) is 0 Å². The molecule has 7 nitrogen and oxygen atoms in total. The van der Waals surface area contributed by atoms with Gasteiger partial charge in [0.15, 0.2) is 0 Å². The van der Waals surface area contributed by atoms with E-state index in [1.54, 1.807) is 12.6 Å². The minimum Gasteiger partial charge on any atom is -0.383 e. The van der Waals surface area contributed by atoms with Crippen molar-refractivity contribution in [1.29, 1.82) is 0 Å². The van der Waals surface area contributed by atoms with Gasteiger partial charge in [0.25, 0.3) is 0 Å². The summed E-state index contributed by atoms with van der Waals surface area (Å²) in [6.45, 7) is 4.70. The quantitative estimate of drug-likeness (QED) is 0.870. The van der Waals surface area contributed by atoms with Crippen molar-refractivity contribution in [3.63, 3.8) is 0 Å². The van der Waals surface area contributed by atoms with Crippen LogP contribution >= 0.6 is 11.3 Å². The van der Waals surface area contributed by atoms with Gasteiger partial charge in [0.1, 0.15) is 17.2 Å². The Morgan fingerprint density at radius 1 is 1.39 bits per heavy atom. The Bertz CT molecular complexity index is 620. The van der Waals surface area contributed by atoms with Crippen LogP contribution in [-0.4, -0.2) is 51.9 Å². The molecule has 0 aromatic carbocycles. The maximum Gasteiger partial charge on any atom is 0.210 e. The van der Waals surface area contributed by atoms with E-state index in [0.29, 0.717) is 6.04 Å². The molecule has 2 aromatic rings. The molecule has 8 heteroatoms. The van der Waals surface area contributed by atoms with Gasteiger partial charge in [-0.2, -0.15) is 0 Å². The molecule has 0 unspecified atom stereocenters. The van der Waals surface area contributed by atoms with Crippen LogP contribution in [0.2, 0.25) is 0 Å². The summed E-state index contributed by atoms with van der Waals surface area (Å²) in [5.41, 5.74) is 2.77. The molecule has 2 aromatic heterocycles. The molecular formula is C15H22N6OS. The lowest BCUT2D eigenvalue weighted by atomic mass is 9.99. The van der Waals surface area contributed by atoms with Crippen molar-refractivity contribution in [3.05, 3.63) is 23.1 Å². The zero-order valence-corrected chi connectivity index (χ0v) is 14.3. The molecule has 1 fully saturated rings. The molecule has 1 aliphatic rings. The van der Waals surface area contributed by atoms with E-state index in [1.807, 2.05) is 13.0 Å². The van der Waals surface area contributed by atoms with Gasteiger partial charge in [0.05, 0.1) is 18.3 Å².